The number of aryl methyl sites for hydroxylation is 4. The number of nitro benzene ring substituents is 2. The summed E-state index contributed by atoms with van der Waals surface area (Å²) in [4.78, 5) is 144. The van der Waals surface area contributed by atoms with Gasteiger partial charge in [0.05, 0.1) is 16.5 Å². The predicted molar refractivity (Wildman–Crippen MR) is 568 cm³/mol. The fourth-order valence-electron chi connectivity index (χ4n) is 15.8. The molecule has 0 aliphatic rings. The molecule has 4 rings (SSSR count). The van der Waals surface area contributed by atoms with Crippen LogP contribution >= 0.6 is 11.6 Å². The molecule has 1 N–H and O–H groups in total. The Hall–Kier alpha value is -10.6. The Balaban J connectivity index is 0.000000878. The van der Waals surface area contributed by atoms with Crippen molar-refractivity contribution in [1.82, 2.24) is 0 Å². The maximum Gasteiger partial charge on any atom is 0.514 e. The Morgan fingerprint density at radius 3 is 0.855 bits per heavy atom. The number of benzene rings is 4. The molecule has 0 radical (unpaired) electrons. The number of halogens is 1. The third kappa shape index (κ3) is 72.4. The molecule has 0 saturated heterocycles. The lowest BCUT2D eigenvalue weighted by molar-refractivity contribution is -0.385. The van der Waals surface area contributed by atoms with Crippen LogP contribution in [0, 0.1) is 59.8 Å². The minimum Gasteiger partial charge on any atom is -0.462 e. The molecule has 145 heavy (non-hydrogen) atoms. The molecule has 0 fully saturated rings. The minimum absolute atomic E-state index is 0.0300. The molecule has 4 aromatic rings. The van der Waals surface area contributed by atoms with Gasteiger partial charge >= 0.3 is 59.3 Å². The standard InChI is InChI=1S/C58H87NO13.C51H84O9.C7H4ClNO4/c1-6-8-10-12-14-16-18-20-22-24-29-33-53(60)67-44-52(45-68-54(61)34-30-25-23-21-19-17-15-13-11-9-7-2)70-56(63)40-46(3)32-28-26-27-31-35-55(62)72-57-47(4)41-49(42-48(57)5)43-69-58(64)71-51-38-36-50(37-39-51)59(65)66;1-6-8-10-12-14-16-18-20-22-24-29-33-47(53)57-40-46(41-58-48(54)34-30-25-23-21-19-17-15-13-11-9-7-2)59-50(56)36-42(3)32-28-26-27-31-35-49(55)60-51-43(4)37-45(39-52)38-44(51)5;8-7(10)13-6-3-1-5(2-4-6)9(11)12/h12-15,36-39,41-42,46,52H,6-11,16-35,40,43-45H2,1-5H3;12-15,37-38,42,46,52H,6-11,16-36,39-41H2,1-5H3;1-4H/b2*14-12-,15-13-;. The molecular formula is C116H175ClN2O26. The second-order valence-electron chi connectivity index (χ2n) is 37.9. The summed E-state index contributed by atoms with van der Waals surface area (Å²) in [7, 11) is 0. The molecule has 2 atom stereocenters. The highest BCUT2D eigenvalue weighted by molar-refractivity contribution is 6.61. The summed E-state index contributed by atoms with van der Waals surface area (Å²) >= 11 is 4.92. The number of nitro groups is 2. The SMILES string of the molecule is CCCC/C=C\CCCCCCCC(=O)OCC(COC(=O)CCCCCCC/C=C\CCCC)OC(=O)CC(C)CCCCCCC(=O)Oc1c(C)cc(CO)cc1C.CCCC/C=C\CCCCCCCC(=O)OCC(COC(=O)CCCCCCC/C=C\CCCC)OC(=O)CC(C)CCCCCCC(=O)Oc1c(C)cc(COC(=O)Oc2ccc([N+](=O)[O-])cc2)cc1C.O=C(Cl)Oc1ccc([N+](=O)[O-])cc1. The third-order valence-corrected chi connectivity index (χ3v) is 24.2. The molecule has 0 amide bonds. The molecule has 2 unspecified atom stereocenters. The fourth-order valence-corrected chi connectivity index (χ4v) is 15.8. The van der Waals surface area contributed by atoms with E-state index < -0.39 is 45.6 Å². The van der Waals surface area contributed by atoms with Crippen molar-refractivity contribution in [3.8, 4) is 23.0 Å². The zero-order chi connectivity index (χ0) is 107. The van der Waals surface area contributed by atoms with Crippen LogP contribution in [0.1, 0.15) is 422 Å². The fraction of sp³-hybridized carbons (Fsp3) is 0.638. The third-order valence-electron chi connectivity index (χ3n) is 24.1. The molecule has 0 spiro atoms. The van der Waals surface area contributed by atoms with Crippen molar-refractivity contribution in [2.75, 3.05) is 26.4 Å². The van der Waals surface area contributed by atoms with Gasteiger partial charge in [0.1, 0.15) is 56.0 Å². The van der Waals surface area contributed by atoms with Crippen LogP contribution in [0.2, 0.25) is 0 Å². The van der Waals surface area contributed by atoms with Gasteiger partial charge in [-0.05, 0) is 225 Å². The van der Waals surface area contributed by atoms with E-state index in [0.717, 1.165) is 254 Å². The Kier molecular flexibility index (Phi) is 77.8. The van der Waals surface area contributed by atoms with E-state index in [1.165, 1.54) is 99.9 Å². The van der Waals surface area contributed by atoms with Gasteiger partial charge in [0.25, 0.3) is 11.4 Å². The van der Waals surface area contributed by atoms with Crippen molar-refractivity contribution in [3.05, 3.63) is 175 Å². The van der Waals surface area contributed by atoms with Crippen LogP contribution < -0.4 is 18.9 Å². The van der Waals surface area contributed by atoms with E-state index in [4.69, 9.17) is 59.0 Å². The molecule has 0 saturated carbocycles. The van der Waals surface area contributed by atoms with Crippen molar-refractivity contribution in [2.24, 2.45) is 11.8 Å². The summed E-state index contributed by atoms with van der Waals surface area (Å²) in [6, 6.07) is 17.2. The second kappa shape index (κ2) is 86.5. The monoisotopic (exact) mass is 2050 g/mol. The molecule has 28 nitrogen and oxygen atoms in total. The van der Waals surface area contributed by atoms with Crippen LogP contribution in [0.25, 0.3) is 0 Å². The van der Waals surface area contributed by atoms with Crippen LogP contribution in [0.15, 0.2) is 121 Å². The number of esters is 8. The largest absolute Gasteiger partial charge is 0.514 e. The van der Waals surface area contributed by atoms with Crippen molar-refractivity contribution in [3.63, 3.8) is 0 Å². The van der Waals surface area contributed by atoms with Crippen LogP contribution in [0.4, 0.5) is 21.0 Å². The molecule has 0 aliphatic carbocycles. The van der Waals surface area contributed by atoms with E-state index in [0.29, 0.717) is 53.9 Å². The van der Waals surface area contributed by atoms with Crippen molar-refractivity contribution in [2.45, 2.75) is 441 Å². The number of aliphatic hydroxyl groups is 1. The van der Waals surface area contributed by atoms with E-state index in [1.807, 2.05) is 39.8 Å². The van der Waals surface area contributed by atoms with Crippen LogP contribution in [-0.2, 0) is 84.7 Å². The van der Waals surface area contributed by atoms with Crippen LogP contribution in [0.3, 0.4) is 0 Å². The number of unbranched alkanes of at least 4 members (excludes halogenated alkanes) is 34. The van der Waals surface area contributed by atoms with Gasteiger partial charge in [0.2, 0.25) is 0 Å². The Morgan fingerprint density at radius 1 is 0.324 bits per heavy atom. The lowest BCUT2D eigenvalue weighted by atomic mass is 9.99. The highest BCUT2D eigenvalue weighted by Gasteiger charge is 2.25. The van der Waals surface area contributed by atoms with Crippen LogP contribution in [0.5, 0.6) is 23.0 Å². The number of aliphatic hydroxyl groups excluding tert-OH is 1. The summed E-state index contributed by atoms with van der Waals surface area (Å²) in [5.74, 6) is -1.42. The first kappa shape index (κ1) is 130. The number of hydrogen-bond donors (Lipinski definition) is 1. The summed E-state index contributed by atoms with van der Waals surface area (Å²) in [5, 5.41) is 30.4. The van der Waals surface area contributed by atoms with Gasteiger partial charge in [0.15, 0.2) is 12.2 Å². The quantitative estimate of drug-likeness (QED) is 0.00494. The van der Waals surface area contributed by atoms with Gasteiger partial charge in [-0.1, -0.05) is 282 Å². The van der Waals surface area contributed by atoms with Crippen molar-refractivity contribution in [1.29, 1.82) is 0 Å². The number of non-ortho nitro benzene ring substituents is 2. The molecule has 812 valence electrons. The van der Waals surface area contributed by atoms with E-state index in [1.54, 1.807) is 26.0 Å². The normalized spacial score (nSPS) is 11.7. The topological polar surface area (TPSA) is 379 Å². The number of hydrogen-bond acceptors (Lipinski definition) is 26. The number of carbonyl (C=O) groups excluding carboxylic acids is 10. The summed E-state index contributed by atoms with van der Waals surface area (Å²) < 4.78 is 59.6. The van der Waals surface area contributed by atoms with Gasteiger partial charge in [-0.25, -0.2) is 9.59 Å². The molecule has 29 heteroatoms. The zero-order valence-electron chi connectivity index (χ0n) is 89.2. The number of rotatable bonds is 81. The highest BCUT2D eigenvalue weighted by atomic mass is 35.5. The minimum atomic E-state index is -0.978. The van der Waals surface area contributed by atoms with Gasteiger partial charge in [-0.2, -0.15) is 0 Å². The molecule has 4 aromatic carbocycles. The molecule has 0 heterocycles. The predicted octanol–water partition coefficient (Wildman–Crippen LogP) is 30.5. The molecular weight excluding hydrogens is 1870 g/mol. The lowest BCUT2D eigenvalue weighted by Crippen LogP contribution is -2.31. The first-order valence-corrected chi connectivity index (χ1v) is 54.4. The smallest absolute Gasteiger partial charge is 0.462 e. The van der Waals surface area contributed by atoms with E-state index in [2.05, 4.69) is 81.0 Å². The lowest BCUT2D eigenvalue weighted by Gasteiger charge is -2.19. The first-order valence-electron chi connectivity index (χ1n) is 54.0. The van der Waals surface area contributed by atoms with E-state index >= 15 is 0 Å². The average Bonchev–Trinajstić information content (AvgIpc) is 0.840. The summed E-state index contributed by atoms with van der Waals surface area (Å²) in [5.41, 5.74) is 3.34. The first-order chi connectivity index (χ1) is 70.0. The zero-order valence-corrected chi connectivity index (χ0v) is 90.0. The Labute approximate surface area is 870 Å². The second-order valence-corrected chi connectivity index (χ2v) is 38.2. The van der Waals surface area contributed by atoms with Crippen molar-refractivity contribution >= 4 is 82.3 Å². The van der Waals surface area contributed by atoms with Crippen molar-refractivity contribution < 1.29 is 115 Å². The van der Waals surface area contributed by atoms with Gasteiger partial charge < -0.3 is 57.2 Å². The Bertz CT molecular complexity index is 4250. The summed E-state index contributed by atoms with van der Waals surface area (Å²) in [6.45, 7) is 19.4. The summed E-state index contributed by atoms with van der Waals surface area (Å²) in [6.07, 6.45) is 64.9. The number of allylic oxidation sites excluding steroid dienone is 8. The highest BCUT2D eigenvalue weighted by Crippen LogP contribution is 2.30. The van der Waals surface area contributed by atoms with E-state index in [-0.39, 0.29) is 142 Å². The van der Waals surface area contributed by atoms with Gasteiger partial charge in [-0.15, -0.1) is 0 Å². The Morgan fingerprint density at radius 2 is 0.579 bits per heavy atom. The maximum absolute atomic E-state index is 13.1. The molecule has 0 aliphatic heterocycles. The molecule has 0 bridgehead atoms. The van der Waals surface area contributed by atoms with E-state index in [9.17, 15) is 73.3 Å². The number of carbonyl (C=O) groups is 10. The van der Waals surface area contributed by atoms with Gasteiger partial charge in [0, 0.05) is 87.2 Å². The molecule has 0 aromatic heterocycles. The number of ether oxygens (including phenoxy) is 11. The maximum atomic E-state index is 13.1. The number of nitrogens with zero attached hydrogens (tertiary/aromatic N) is 2. The van der Waals surface area contributed by atoms with Crippen LogP contribution in [-0.4, -0.2) is 113 Å². The average molecular weight is 2050 g/mol. The van der Waals surface area contributed by atoms with Gasteiger partial charge in [-0.3, -0.25) is 58.6 Å².